The molecule has 0 radical (unpaired) electrons. The molecule has 4 heteroatoms. The van der Waals surface area contributed by atoms with Crippen LogP contribution in [0, 0.1) is 11.8 Å². The van der Waals surface area contributed by atoms with Crippen molar-refractivity contribution in [2.75, 3.05) is 0 Å². The van der Waals surface area contributed by atoms with Crippen LogP contribution in [0.3, 0.4) is 0 Å². The Kier molecular flexibility index (Phi) is 4.27. The molecular formula is C18H22N2O2. The highest BCUT2D eigenvalue weighted by Gasteiger charge is 2.26. The summed E-state index contributed by atoms with van der Waals surface area (Å²) in [5.74, 6) is 0.580. The number of fused-ring (bicyclic) bond motifs is 1. The molecule has 0 aliphatic heterocycles. The van der Waals surface area contributed by atoms with Crippen LogP contribution < -0.4 is 10.9 Å². The fourth-order valence-electron chi connectivity index (χ4n) is 3.34. The van der Waals surface area contributed by atoms with Crippen LogP contribution in [0.2, 0.25) is 0 Å². The summed E-state index contributed by atoms with van der Waals surface area (Å²) in [6.07, 6.45) is 4.75. The molecule has 1 aromatic carbocycles. The van der Waals surface area contributed by atoms with E-state index in [4.69, 9.17) is 0 Å². The predicted octanol–water partition coefficient (Wildman–Crippen LogP) is 2.97. The van der Waals surface area contributed by atoms with Crippen molar-refractivity contribution in [3.63, 3.8) is 0 Å². The molecule has 2 N–H and O–H groups in total. The Hall–Kier alpha value is -2.10. The van der Waals surface area contributed by atoms with Crippen molar-refractivity contribution in [3.8, 4) is 0 Å². The average Bonchev–Trinajstić information content (AvgIpc) is 3.06. The summed E-state index contributed by atoms with van der Waals surface area (Å²) < 4.78 is 0. The van der Waals surface area contributed by atoms with E-state index in [1.165, 1.54) is 12.8 Å². The van der Waals surface area contributed by atoms with Gasteiger partial charge < -0.3 is 10.3 Å². The average molecular weight is 298 g/mol. The Morgan fingerprint density at radius 1 is 1.32 bits per heavy atom. The first-order chi connectivity index (χ1) is 10.6. The third kappa shape index (κ3) is 3.06. The van der Waals surface area contributed by atoms with E-state index in [-0.39, 0.29) is 23.9 Å². The first kappa shape index (κ1) is 14.8. The molecule has 1 saturated carbocycles. The summed E-state index contributed by atoms with van der Waals surface area (Å²) in [4.78, 5) is 27.2. The number of hydrogen-bond acceptors (Lipinski definition) is 2. The van der Waals surface area contributed by atoms with E-state index in [1.54, 1.807) is 0 Å². The quantitative estimate of drug-likeness (QED) is 0.911. The first-order valence-corrected chi connectivity index (χ1v) is 8.04. The van der Waals surface area contributed by atoms with E-state index in [1.807, 2.05) is 37.3 Å². The summed E-state index contributed by atoms with van der Waals surface area (Å²) >= 11 is 0. The van der Waals surface area contributed by atoms with E-state index >= 15 is 0 Å². The minimum atomic E-state index is -0.132. The number of para-hydroxylation sites is 1. The molecule has 1 heterocycles. The molecule has 22 heavy (non-hydrogen) atoms. The van der Waals surface area contributed by atoms with Gasteiger partial charge in [0.2, 0.25) is 5.91 Å². The number of hydrogen-bond donors (Lipinski definition) is 2. The van der Waals surface area contributed by atoms with Gasteiger partial charge in [0.15, 0.2) is 0 Å². The number of carbonyl (C=O) groups is 1. The third-order valence-electron chi connectivity index (χ3n) is 4.80. The fourth-order valence-corrected chi connectivity index (χ4v) is 3.34. The van der Waals surface area contributed by atoms with Gasteiger partial charge in [-0.1, -0.05) is 38.0 Å². The van der Waals surface area contributed by atoms with Gasteiger partial charge in [-0.15, -0.1) is 0 Å². The predicted molar refractivity (Wildman–Crippen MR) is 87.5 cm³/mol. The molecule has 1 aliphatic rings. The Balaban J connectivity index is 1.69. The highest BCUT2D eigenvalue weighted by atomic mass is 16.2. The lowest BCUT2D eigenvalue weighted by Gasteiger charge is -2.18. The van der Waals surface area contributed by atoms with Crippen molar-refractivity contribution < 1.29 is 4.79 Å². The summed E-state index contributed by atoms with van der Waals surface area (Å²) in [5.41, 5.74) is 1.29. The number of carbonyl (C=O) groups excluding carboxylic acids is 1. The van der Waals surface area contributed by atoms with Gasteiger partial charge in [0.25, 0.3) is 5.56 Å². The SMILES string of the molecule is CC(C(=O)NCc1cc2ccccc2[nH]c1=O)C1CCCC1. The third-order valence-corrected chi connectivity index (χ3v) is 4.80. The summed E-state index contributed by atoms with van der Waals surface area (Å²) in [6.45, 7) is 2.28. The zero-order valence-corrected chi connectivity index (χ0v) is 12.9. The highest BCUT2D eigenvalue weighted by molar-refractivity contribution is 5.80. The molecule has 0 spiro atoms. The van der Waals surface area contributed by atoms with Gasteiger partial charge in [0.05, 0.1) is 0 Å². The lowest BCUT2D eigenvalue weighted by Crippen LogP contribution is -2.33. The van der Waals surface area contributed by atoms with E-state index in [0.717, 1.165) is 23.7 Å². The monoisotopic (exact) mass is 298 g/mol. The number of H-pyrrole nitrogens is 1. The molecule has 2 aromatic rings. The number of pyridine rings is 1. The molecule has 1 aliphatic carbocycles. The van der Waals surface area contributed by atoms with Crippen LogP contribution in [0.25, 0.3) is 10.9 Å². The van der Waals surface area contributed by atoms with Gasteiger partial charge in [0.1, 0.15) is 0 Å². The van der Waals surface area contributed by atoms with E-state index in [9.17, 15) is 9.59 Å². The van der Waals surface area contributed by atoms with Crippen LogP contribution in [-0.2, 0) is 11.3 Å². The van der Waals surface area contributed by atoms with Crippen LogP contribution in [0.5, 0.6) is 0 Å². The van der Waals surface area contributed by atoms with Crippen molar-refractivity contribution in [3.05, 3.63) is 46.2 Å². The molecule has 1 unspecified atom stereocenters. The summed E-state index contributed by atoms with van der Waals surface area (Å²) in [6, 6.07) is 9.52. The zero-order valence-electron chi connectivity index (χ0n) is 12.9. The first-order valence-electron chi connectivity index (χ1n) is 8.04. The van der Waals surface area contributed by atoms with Gasteiger partial charge in [-0.25, -0.2) is 0 Å². The van der Waals surface area contributed by atoms with Gasteiger partial charge in [-0.05, 0) is 36.3 Å². The van der Waals surface area contributed by atoms with Crippen molar-refractivity contribution >= 4 is 16.8 Å². The molecule has 1 aromatic heterocycles. The highest BCUT2D eigenvalue weighted by Crippen LogP contribution is 2.31. The number of aromatic amines is 1. The lowest BCUT2D eigenvalue weighted by molar-refractivity contribution is -0.126. The molecule has 116 valence electrons. The molecule has 1 atom stereocenters. The van der Waals surface area contributed by atoms with Crippen LogP contribution in [0.15, 0.2) is 35.1 Å². The molecule has 1 fully saturated rings. The van der Waals surface area contributed by atoms with E-state index in [2.05, 4.69) is 10.3 Å². The summed E-state index contributed by atoms with van der Waals surface area (Å²) in [7, 11) is 0. The summed E-state index contributed by atoms with van der Waals surface area (Å²) in [5, 5.41) is 3.90. The Bertz CT molecular complexity index is 729. The minimum Gasteiger partial charge on any atom is -0.352 e. The number of benzene rings is 1. The maximum Gasteiger partial charge on any atom is 0.253 e. The molecular weight excluding hydrogens is 276 g/mol. The maximum atomic E-state index is 12.3. The van der Waals surface area contributed by atoms with Crippen molar-refractivity contribution in [1.82, 2.24) is 10.3 Å². The second-order valence-corrected chi connectivity index (χ2v) is 6.26. The normalized spacial score (nSPS) is 16.8. The van der Waals surface area contributed by atoms with Crippen molar-refractivity contribution in [1.29, 1.82) is 0 Å². The number of amides is 1. The molecule has 1 amide bonds. The second kappa shape index (κ2) is 6.34. The van der Waals surface area contributed by atoms with Crippen molar-refractivity contribution in [2.24, 2.45) is 11.8 Å². The number of nitrogens with one attached hydrogen (secondary N) is 2. The lowest BCUT2D eigenvalue weighted by atomic mass is 9.92. The Labute approximate surface area is 129 Å². The largest absolute Gasteiger partial charge is 0.352 e. The van der Waals surface area contributed by atoms with Gasteiger partial charge in [0, 0.05) is 23.5 Å². The van der Waals surface area contributed by atoms with Gasteiger partial charge in [-0.2, -0.15) is 0 Å². The number of rotatable bonds is 4. The Morgan fingerprint density at radius 2 is 2.05 bits per heavy atom. The van der Waals surface area contributed by atoms with Crippen LogP contribution in [0.4, 0.5) is 0 Å². The van der Waals surface area contributed by atoms with E-state index in [0.29, 0.717) is 11.5 Å². The molecule has 4 nitrogen and oxygen atoms in total. The van der Waals surface area contributed by atoms with Crippen LogP contribution in [0.1, 0.15) is 38.2 Å². The molecule has 0 saturated heterocycles. The van der Waals surface area contributed by atoms with Gasteiger partial charge in [-0.3, -0.25) is 9.59 Å². The van der Waals surface area contributed by atoms with Crippen LogP contribution in [-0.4, -0.2) is 10.9 Å². The molecule has 3 rings (SSSR count). The maximum absolute atomic E-state index is 12.3. The minimum absolute atomic E-state index is 0.0297. The fraction of sp³-hybridized carbons (Fsp3) is 0.444. The van der Waals surface area contributed by atoms with Crippen molar-refractivity contribution in [2.45, 2.75) is 39.2 Å². The van der Waals surface area contributed by atoms with E-state index < -0.39 is 0 Å². The number of aromatic nitrogens is 1. The van der Waals surface area contributed by atoms with Gasteiger partial charge >= 0.3 is 0 Å². The zero-order chi connectivity index (χ0) is 15.5. The van der Waals surface area contributed by atoms with Crippen LogP contribution >= 0.6 is 0 Å². The topological polar surface area (TPSA) is 62.0 Å². The standard InChI is InChI=1S/C18H22N2O2/c1-12(13-6-2-3-7-13)17(21)19-11-15-10-14-8-4-5-9-16(14)20-18(15)22/h4-5,8-10,12-13H,2-3,6-7,11H2,1H3,(H,19,21)(H,20,22). The second-order valence-electron chi connectivity index (χ2n) is 6.26. The Morgan fingerprint density at radius 3 is 2.82 bits per heavy atom. The molecule has 0 bridgehead atoms. The smallest absolute Gasteiger partial charge is 0.253 e.